The average molecular weight is 304 g/mol. The smallest absolute Gasteiger partial charge is 0.475 e. The zero-order chi connectivity index (χ0) is 15.9. The van der Waals surface area contributed by atoms with E-state index in [9.17, 15) is 13.2 Å². The van der Waals surface area contributed by atoms with Crippen LogP contribution in [-0.2, 0) is 4.79 Å². The summed E-state index contributed by atoms with van der Waals surface area (Å²) < 4.78 is 31.7. The van der Waals surface area contributed by atoms with Gasteiger partial charge in [0.05, 0.1) is 0 Å². The summed E-state index contributed by atoms with van der Waals surface area (Å²) >= 11 is 0. The fraction of sp³-hybridized carbons (Fsp3) is 0.500. The molecule has 21 heavy (non-hydrogen) atoms. The van der Waals surface area contributed by atoms with E-state index in [2.05, 4.69) is 41.4 Å². The molecule has 0 radical (unpaired) electrons. The fourth-order valence-electron chi connectivity index (χ4n) is 2.00. The Bertz CT molecular complexity index is 456. The summed E-state index contributed by atoms with van der Waals surface area (Å²) in [4.78, 5) is 11.4. The number of anilines is 1. The second-order valence-corrected chi connectivity index (χ2v) is 4.68. The van der Waals surface area contributed by atoms with Crippen LogP contribution in [0.4, 0.5) is 18.9 Å². The third-order valence-electron chi connectivity index (χ3n) is 3.04. The highest BCUT2D eigenvalue weighted by Gasteiger charge is 2.38. The minimum Gasteiger partial charge on any atom is -0.475 e. The van der Waals surface area contributed by atoms with Crippen LogP contribution in [0.3, 0.4) is 0 Å². The first kappa shape index (κ1) is 17.3. The van der Waals surface area contributed by atoms with Crippen molar-refractivity contribution in [3.05, 3.63) is 29.8 Å². The molecule has 118 valence electrons. The van der Waals surface area contributed by atoms with Crippen molar-refractivity contribution in [2.24, 2.45) is 0 Å². The molecule has 1 aromatic carbocycles. The standard InChI is InChI=1S/C12H18N2.C2HF3O2/c1-11-5-2-3-6-12(11)14-9-4-7-13-8-10-14;3-2(4,5)1(6)7/h2-3,5-6,13H,4,7-10H2,1H3;(H,6,7). The van der Waals surface area contributed by atoms with Gasteiger partial charge in [0.2, 0.25) is 0 Å². The first-order valence-electron chi connectivity index (χ1n) is 6.64. The molecule has 1 aliphatic heterocycles. The lowest BCUT2D eigenvalue weighted by Crippen LogP contribution is -2.28. The lowest BCUT2D eigenvalue weighted by molar-refractivity contribution is -0.192. The van der Waals surface area contributed by atoms with Crippen LogP contribution in [0.25, 0.3) is 0 Å². The third kappa shape index (κ3) is 6.03. The topological polar surface area (TPSA) is 52.6 Å². The maximum absolute atomic E-state index is 10.6. The number of halogens is 3. The average Bonchev–Trinajstić information content (AvgIpc) is 2.67. The number of alkyl halides is 3. The molecule has 1 aliphatic rings. The molecule has 0 aromatic heterocycles. The Kier molecular flexibility index (Phi) is 6.48. The largest absolute Gasteiger partial charge is 0.490 e. The van der Waals surface area contributed by atoms with Crippen molar-refractivity contribution in [2.75, 3.05) is 31.1 Å². The SMILES string of the molecule is Cc1ccccc1N1CCCNCC1.O=C(O)C(F)(F)F. The van der Waals surface area contributed by atoms with E-state index in [0.29, 0.717) is 0 Å². The van der Waals surface area contributed by atoms with Crippen LogP contribution in [0, 0.1) is 6.92 Å². The Morgan fingerprint density at radius 1 is 1.24 bits per heavy atom. The molecular formula is C14H19F3N2O2. The lowest BCUT2D eigenvalue weighted by Gasteiger charge is -2.24. The van der Waals surface area contributed by atoms with Gasteiger partial charge in [0.15, 0.2) is 0 Å². The van der Waals surface area contributed by atoms with Crippen LogP contribution >= 0.6 is 0 Å². The second kappa shape index (κ2) is 7.87. The molecular weight excluding hydrogens is 285 g/mol. The minimum absolute atomic E-state index is 1.11. The van der Waals surface area contributed by atoms with Gasteiger partial charge < -0.3 is 15.3 Å². The summed E-state index contributed by atoms with van der Waals surface area (Å²) in [5.74, 6) is -2.76. The van der Waals surface area contributed by atoms with Crippen molar-refractivity contribution in [1.82, 2.24) is 5.32 Å². The quantitative estimate of drug-likeness (QED) is 0.837. The Morgan fingerprint density at radius 2 is 1.86 bits per heavy atom. The zero-order valence-corrected chi connectivity index (χ0v) is 11.8. The predicted octanol–water partition coefficient (Wildman–Crippen LogP) is 2.43. The van der Waals surface area contributed by atoms with Crippen molar-refractivity contribution < 1.29 is 23.1 Å². The highest BCUT2D eigenvalue weighted by atomic mass is 19.4. The second-order valence-electron chi connectivity index (χ2n) is 4.68. The first-order valence-corrected chi connectivity index (χ1v) is 6.64. The molecule has 0 amide bonds. The van der Waals surface area contributed by atoms with Crippen LogP contribution in [0.2, 0.25) is 0 Å². The van der Waals surface area contributed by atoms with Gasteiger partial charge in [-0.1, -0.05) is 18.2 Å². The van der Waals surface area contributed by atoms with Crippen molar-refractivity contribution in [3.63, 3.8) is 0 Å². The Hall–Kier alpha value is -1.76. The number of carbonyl (C=O) groups is 1. The molecule has 0 aliphatic carbocycles. The molecule has 2 rings (SSSR count). The number of rotatable bonds is 1. The molecule has 0 bridgehead atoms. The Labute approximate surface area is 121 Å². The number of carboxylic acids is 1. The number of hydrogen-bond acceptors (Lipinski definition) is 3. The van der Waals surface area contributed by atoms with E-state index in [1.165, 1.54) is 24.2 Å². The van der Waals surface area contributed by atoms with Crippen molar-refractivity contribution >= 4 is 11.7 Å². The van der Waals surface area contributed by atoms with Gasteiger partial charge in [-0.3, -0.25) is 0 Å². The fourth-order valence-corrected chi connectivity index (χ4v) is 2.00. The van der Waals surface area contributed by atoms with E-state index in [4.69, 9.17) is 9.90 Å². The number of para-hydroxylation sites is 1. The third-order valence-corrected chi connectivity index (χ3v) is 3.04. The minimum atomic E-state index is -5.08. The number of aliphatic carboxylic acids is 1. The number of aryl methyl sites for hydroxylation is 1. The van der Waals surface area contributed by atoms with Crippen LogP contribution in [0.1, 0.15) is 12.0 Å². The van der Waals surface area contributed by atoms with Crippen molar-refractivity contribution in [1.29, 1.82) is 0 Å². The van der Waals surface area contributed by atoms with Crippen LogP contribution in [0.15, 0.2) is 24.3 Å². The van der Waals surface area contributed by atoms with E-state index in [1.807, 2.05) is 0 Å². The van der Waals surface area contributed by atoms with Crippen molar-refractivity contribution in [2.45, 2.75) is 19.5 Å². The van der Waals surface area contributed by atoms with Gasteiger partial charge in [-0.15, -0.1) is 0 Å². The van der Waals surface area contributed by atoms with Gasteiger partial charge in [-0.25, -0.2) is 4.79 Å². The molecule has 7 heteroatoms. The van der Waals surface area contributed by atoms with Gasteiger partial charge >= 0.3 is 12.1 Å². The lowest BCUT2D eigenvalue weighted by atomic mass is 10.2. The molecule has 2 N–H and O–H groups in total. The molecule has 1 heterocycles. The van der Waals surface area contributed by atoms with E-state index >= 15 is 0 Å². The highest BCUT2D eigenvalue weighted by Crippen LogP contribution is 2.19. The number of carboxylic acid groups (broad SMARTS) is 1. The monoisotopic (exact) mass is 304 g/mol. The van der Waals surface area contributed by atoms with Gasteiger partial charge in [-0.2, -0.15) is 13.2 Å². The summed E-state index contributed by atoms with van der Waals surface area (Å²) in [6.45, 7) is 6.76. The molecule has 0 saturated carbocycles. The van der Waals surface area contributed by atoms with E-state index in [0.717, 1.165) is 19.6 Å². The van der Waals surface area contributed by atoms with Gasteiger partial charge in [0.1, 0.15) is 0 Å². The molecule has 0 atom stereocenters. The van der Waals surface area contributed by atoms with Crippen molar-refractivity contribution in [3.8, 4) is 0 Å². The first-order chi connectivity index (χ1) is 9.82. The normalized spacial score (nSPS) is 15.7. The number of nitrogens with one attached hydrogen (secondary N) is 1. The van der Waals surface area contributed by atoms with E-state index in [-0.39, 0.29) is 0 Å². The molecule has 0 unspecified atom stereocenters. The summed E-state index contributed by atoms with van der Waals surface area (Å²) in [5, 5.41) is 10.5. The number of nitrogens with zero attached hydrogens (tertiary/aromatic N) is 1. The molecule has 0 spiro atoms. The maximum Gasteiger partial charge on any atom is 0.490 e. The van der Waals surface area contributed by atoms with Crippen LogP contribution in [-0.4, -0.2) is 43.4 Å². The van der Waals surface area contributed by atoms with Crippen LogP contribution in [0.5, 0.6) is 0 Å². The molecule has 1 saturated heterocycles. The zero-order valence-electron chi connectivity index (χ0n) is 11.8. The van der Waals surface area contributed by atoms with Gasteiger partial charge in [0.25, 0.3) is 0 Å². The van der Waals surface area contributed by atoms with E-state index in [1.54, 1.807) is 0 Å². The molecule has 1 fully saturated rings. The Morgan fingerprint density at radius 3 is 2.43 bits per heavy atom. The summed E-state index contributed by atoms with van der Waals surface area (Å²) in [7, 11) is 0. The van der Waals surface area contributed by atoms with Gasteiger partial charge in [0, 0.05) is 25.3 Å². The molecule has 1 aromatic rings. The number of benzene rings is 1. The maximum atomic E-state index is 10.6. The van der Waals surface area contributed by atoms with E-state index < -0.39 is 12.1 Å². The van der Waals surface area contributed by atoms with Crippen LogP contribution < -0.4 is 10.2 Å². The number of hydrogen-bond donors (Lipinski definition) is 2. The molecule has 4 nitrogen and oxygen atoms in total. The summed E-state index contributed by atoms with van der Waals surface area (Å²) in [6, 6.07) is 8.64. The summed E-state index contributed by atoms with van der Waals surface area (Å²) in [5.41, 5.74) is 2.78. The Balaban J connectivity index is 0.000000270. The predicted molar refractivity (Wildman–Crippen MR) is 74.6 cm³/mol. The summed E-state index contributed by atoms with van der Waals surface area (Å²) in [6.07, 6.45) is -3.84. The van der Waals surface area contributed by atoms with Gasteiger partial charge in [-0.05, 0) is 31.5 Å². The highest BCUT2D eigenvalue weighted by molar-refractivity contribution is 5.73.